The highest BCUT2D eigenvalue weighted by Crippen LogP contribution is 2.22. The molecule has 1 aliphatic rings. The van der Waals surface area contributed by atoms with Crippen molar-refractivity contribution in [3.8, 4) is 0 Å². The van der Waals surface area contributed by atoms with Gasteiger partial charge in [0.25, 0.3) is 0 Å². The molecule has 26 heavy (non-hydrogen) atoms. The Balaban J connectivity index is 2.18. The molecule has 0 radical (unpaired) electrons. The molecule has 0 spiro atoms. The van der Waals surface area contributed by atoms with Crippen LogP contribution in [0.3, 0.4) is 0 Å². The highest BCUT2D eigenvalue weighted by atomic mass is 32.2. The maximum Gasteiger partial charge on any atom is 0.330 e. The lowest BCUT2D eigenvalue weighted by Crippen LogP contribution is -2.46. The zero-order valence-corrected chi connectivity index (χ0v) is 16.0. The number of carbonyl (C=O) groups excluding carboxylic acids is 1. The second-order valence-corrected chi connectivity index (χ2v) is 9.22. The second kappa shape index (κ2) is 8.18. The zero-order valence-electron chi connectivity index (χ0n) is 15.2. The molecule has 0 aliphatic carbocycles. The van der Waals surface area contributed by atoms with Gasteiger partial charge in [0.2, 0.25) is 5.91 Å². The van der Waals surface area contributed by atoms with Crippen LogP contribution in [0.25, 0.3) is 0 Å². The number of ether oxygens (including phenoxy) is 1. The lowest BCUT2D eigenvalue weighted by Gasteiger charge is -2.26. The van der Waals surface area contributed by atoms with Crippen LogP contribution in [0.2, 0.25) is 0 Å². The Hall–Kier alpha value is -1.93. The van der Waals surface area contributed by atoms with E-state index in [1.54, 1.807) is 18.2 Å². The van der Waals surface area contributed by atoms with Crippen molar-refractivity contribution >= 4 is 21.7 Å². The fourth-order valence-corrected chi connectivity index (χ4v) is 4.73. The van der Waals surface area contributed by atoms with E-state index in [-0.39, 0.29) is 0 Å². The van der Waals surface area contributed by atoms with Crippen molar-refractivity contribution in [3.63, 3.8) is 0 Å². The van der Waals surface area contributed by atoms with Gasteiger partial charge in [-0.3, -0.25) is 4.79 Å². The van der Waals surface area contributed by atoms with Crippen LogP contribution in [0.4, 0.5) is 0 Å². The molecule has 1 aliphatic heterocycles. The summed E-state index contributed by atoms with van der Waals surface area (Å²) in [5, 5.41) is 9.91. The van der Waals surface area contributed by atoms with E-state index in [0.717, 1.165) is 11.1 Å². The molecule has 2 N–H and O–H groups in total. The minimum absolute atomic E-state index is 0.346. The predicted octanol–water partition coefficient (Wildman–Crippen LogP) is 1.53. The Morgan fingerprint density at radius 3 is 2.35 bits per heavy atom. The summed E-state index contributed by atoms with van der Waals surface area (Å²) >= 11 is 0. The quantitative estimate of drug-likeness (QED) is 0.771. The normalized spacial score (nSPS) is 18.1. The second-order valence-electron chi connectivity index (χ2n) is 6.67. The molecule has 1 fully saturated rings. The maximum absolute atomic E-state index is 12.6. The van der Waals surface area contributed by atoms with E-state index in [1.807, 2.05) is 13.8 Å². The SMILES string of the molecule is Cc1ccc(C(NC(=O)C(C)S(=O)(=O)C2CCOCC2)C(=O)O)cc1C. The van der Waals surface area contributed by atoms with E-state index < -0.39 is 38.3 Å². The monoisotopic (exact) mass is 383 g/mol. The minimum Gasteiger partial charge on any atom is -0.479 e. The average Bonchev–Trinajstić information content (AvgIpc) is 2.61. The molecule has 2 unspecified atom stereocenters. The summed E-state index contributed by atoms with van der Waals surface area (Å²) in [5.41, 5.74) is 2.30. The van der Waals surface area contributed by atoms with Gasteiger partial charge in [0.1, 0.15) is 5.25 Å². The van der Waals surface area contributed by atoms with E-state index in [4.69, 9.17) is 4.74 Å². The van der Waals surface area contributed by atoms with Gasteiger partial charge in [-0.15, -0.1) is 0 Å². The summed E-state index contributed by atoms with van der Waals surface area (Å²) in [7, 11) is -3.71. The van der Waals surface area contributed by atoms with Gasteiger partial charge in [-0.1, -0.05) is 18.2 Å². The third kappa shape index (κ3) is 4.42. The van der Waals surface area contributed by atoms with Gasteiger partial charge in [-0.2, -0.15) is 0 Å². The first-order valence-electron chi connectivity index (χ1n) is 8.55. The molecule has 2 rings (SSSR count). The van der Waals surface area contributed by atoms with Crippen molar-refractivity contribution < 1.29 is 27.9 Å². The minimum atomic E-state index is -3.71. The van der Waals surface area contributed by atoms with Crippen LogP contribution in [0.15, 0.2) is 18.2 Å². The number of benzene rings is 1. The number of hydrogen-bond donors (Lipinski definition) is 2. The summed E-state index contributed by atoms with van der Waals surface area (Å²) in [6.07, 6.45) is 0.693. The Bertz CT molecular complexity index is 783. The molecule has 7 nitrogen and oxygen atoms in total. The zero-order chi connectivity index (χ0) is 19.5. The van der Waals surface area contributed by atoms with Crippen LogP contribution in [0.1, 0.15) is 42.5 Å². The molecular formula is C18H25NO6S. The van der Waals surface area contributed by atoms with Crippen molar-refractivity contribution in [2.75, 3.05) is 13.2 Å². The Morgan fingerprint density at radius 2 is 1.81 bits per heavy atom. The smallest absolute Gasteiger partial charge is 0.330 e. The van der Waals surface area contributed by atoms with Crippen LogP contribution < -0.4 is 5.32 Å². The Morgan fingerprint density at radius 1 is 1.19 bits per heavy atom. The fourth-order valence-electron chi connectivity index (χ4n) is 2.93. The lowest BCUT2D eigenvalue weighted by atomic mass is 10.0. The summed E-state index contributed by atoms with van der Waals surface area (Å²) < 4.78 is 30.5. The van der Waals surface area contributed by atoms with E-state index >= 15 is 0 Å². The third-order valence-corrected chi connectivity index (χ3v) is 7.49. The molecule has 2 atom stereocenters. The van der Waals surface area contributed by atoms with E-state index in [0.29, 0.717) is 31.6 Å². The third-order valence-electron chi connectivity index (χ3n) is 4.89. The van der Waals surface area contributed by atoms with Gasteiger partial charge in [-0.05, 0) is 50.3 Å². The maximum atomic E-state index is 12.6. The standard InChI is InChI=1S/C18H25NO6S/c1-11-4-5-14(10-12(11)2)16(18(21)22)19-17(20)13(3)26(23,24)15-6-8-25-9-7-15/h4-5,10,13,15-16H,6-9H2,1-3H3,(H,19,20)(H,21,22). The average molecular weight is 383 g/mol. The first kappa shape index (κ1) is 20.4. The molecule has 144 valence electrons. The summed E-state index contributed by atoms with van der Waals surface area (Å²) in [5.74, 6) is -2.04. The van der Waals surface area contributed by atoms with Gasteiger partial charge >= 0.3 is 5.97 Å². The van der Waals surface area contributed by atoms with E-state index in [9.17, 15) is 23.1 Å². The van der Waals surface area contributed by atoms with E-state index in [2.05, 4.69) is 5.32 Å². The van der Waals surface area contributed by atoms with Crippen LogP contribution in [0.5, 0.6) is 0 Å². The largest absolute Gasteiger partial charge is 0.479 e. The molecule has 1 saturated heterocycles. The van der Waals surface area contributed by atoms with Gasteiger partial charge in [-0.25, -0.2) is 13.2 Å². The van der Waals surface area contributed by atoms with Gasteiger partial charge in [0.15, 0.2) is 15.9 Å². The Labute approximate surface area is 153 Å². The Kier molecular flexibility index (Phi) is 6.41. The number of carboxylic acids is 1. The highest BCUT2D eigenvalue weighted by Gasteiger charge is 2.38. The number of hydrogen-bond acceptors (Lipinski definition) is 5. The first-order valence-corrected chi connectivity index (χ1v) is 10.2. The molecule has 0 saturated carbocycles. The lowest BCUT2D eigenvalue weighted by molar-refractivity contribution is -0.141. The number of amides is 1. The molecule has 1 aromatic rings. The van der Waals surface area contributed by atoms with Crippen molar-refractivity contribution in [3.05, 3.63) is 34.9 Å². The highest BCUT2D eigenvalue weighted by molar-refractivity contribution is 7.93. The van der Waals surface area contributed by atoms with Crippen LogP contribution >= 0.6 is 0 Å². The molecule has 1 aromatic carbocycles. The predicted molar refractivity (Wildman–Crippen MR) is 96.7 cm³/mol. The molecule has 1 amide bonds. The topological polar surface area (TPSA) is 110 Å². The molecule has 1 heterocycles. The number of carbonyl (C=O) groups is 2. The first-order chi connectivity index (χ1) is 12.1. The fraction of sp³-hybridized carbons (Fsp3) is 0.556. The number of aryl methyl sites for hydroxylation is 2. The van der Waals surface area contributed by atoms with Crippen LogP contribution in [0, 0.1) is 13.8 Å². The van der Waals surface area contributed by atoms with Crippen molar-refractivity contribution in [2.24, 2.45) is 0 Å². The number of carboxylic acid groups (broad SMARTS) is 1. The van der Waals surface area contributed by atoms with Gasteiger partial charge in [0, 0.05) is 13.2 Å². The number of sulfone groups is 1. The number of nitrogens with one attached hydrogen (secondary N) is 1. The molecule has 0 aromatic heterocycles. The number of rotatable bonds is 6. The summed E-state index contributed by atoms with van der Waals surface area (Å²) in [6.45, 7) is 5.74. The van der Waals surface area contributed by atoms with Crippen LogP contribution in [-0.4, -0.2) is 49.1 Å². The van der Waals surface area contributed by atoms with Crippen LogP contribution in [-0.2, 0) is 24.2 Å². The van der Waals surface area contributed by atoms with Crippen molar-refractivity contribution in [2.45, 2.75) is 50.2 Å². The number of aliphatic carboxylic acids is 1. The molecular weight excluding hydrogens is 358 g/mol. The van der Waals surface area contributed by atoms with Crippen molar-refractivity contribution in [1.29, 1.82) is 0 Å². The molecule has 0 bridgehead atoms. The van der Waals surface area contributed by atoms with Gasteiger partial charge in [0.05, 0.1) is 5.25 Å². The van der Waals surface area contributed by atoms with Crippen molar-refractivity contribution in [1.82, 2.24) is 5.32 Å². The van der Waals surface area contributed by atoms with E-state index in [1.165, 1.54) is 6.92 Å². The summed E-state index contributed by atoms with van der Waals surface area (Å²) in [6, 6.07) is 3.79. The van der Waals surface area contributed by atoms with Gasteiger partial charge < -0.3 is 15.2 Å². The molecule has 8 heteroatoms. The summed E-state index contributed by atoms with van der Waals surface area (Å²) in [4.78, 5) is 24.1.